The maximum absolute atomic E-state index is 5.39. The van der Waals surface area contributed by atoms with Gasteiger partial charge in [-0.25, -0.2) is 0 Å². The minimum Gasteiger partial charge on any atom is -0.378 e. The van der Waals surface area contributed by atoms with Crippen LogP contribution in [0.1, 0.15) is 0 Å². The average Bonchev–Trinajstić information content (AvgIpc) is 2.39. The molecule has 0 bridgehead atoms. The van der Waals surface area contributed by atoms with Crippen LogP contribution in [0.2, 0.25) is 0 Å². The van der Waals surface area contributed by atoms with Gasteiger partial charge in [0.2, 0.25) is 0 Å². The molecular formula is C13H13BrN2O. The number of rotatable bonds is 1. The molecule has 0 aliphatic carbocycles. The van der Waals surface area contributed by atoms with Gasteiger partial charge in [0, 0.05) is 34.8 Å². The van der Waals surface area contributed by atoms with Crippen molar-refractivity contribution in [3.05, 3.63) is 34.9 Å². The smallest absolute Gasteiger partial charge is 0.0723 e. The van der Waals surface area contributed by atoms with Gasteiger partial charge in [-0.2, -0.15) is 0 Å². The summed E-state index contributed by atoms with van der Waals surface area (Å²) >= 11 is 3.52. The summed E-state index contributed by atoms with van der Waals surface area (Å²) < 4.78 is 6.48. The van der Waals surface area contributed by atoms with E-state index in [9.17, 15) is 0 Å². The summed E-state index contributed by atoms with van der Waals surface area (Å²) in [5.74, 6) is 0. The van der Waals surface area contributed by atoms with E-state index in [2.05, 4.69) is 37.9 Å². The third-order valence-corrected chi connectivity index (χ3v) is 3.53. The van der Waals surface area contributed by atoms with Crippen molar-refractivity contribution in [3.63, 3.8) is 0 Å². The van der Waals surface area contributed by atoms with Gasteiger partial charge in [0.25, 0.3) is 0 Å². The van der Waals surface area contributed by atoms with Crippen LogP contribution in [0.15, 0.2) is 34.9 Å². The quantitative estimate of drug-likeness (QED) is 0.808. The van der Waals surface area contributed by atoms with Crippen LogP contribution in [-0.4, -0.2) is 31.3 Å². The lowest BCUT2D eigenvalue weighted by Gasteiger charge is -2.29. The molecule has 3 rings (SSSR count). The summed E-state index contributed by atoms with van der Waals surface area (Å²) in [4.78, 5) is 6.76. The molecule has 2 heterocycles. The summed E-state index contributed by atoms with van der Waals surface area (Å²) in [5.41, 5.74) is 2.29. The molecule has 1 aliphatic rings. The van der Waals surface area contributed by atoms with Crippen molar-refractivity contribution in [2.24, 2.45) is 0 Å². The molecule has 1 saturated heterocycles. The van der Waals surface area contributed by atoms with Gasteiger partial charge in [0.05, 0.1) is 18.7 Å². The number of pyridine rings is 1. The van der Waals surface area contributed by atoms with Crippen molar-refractivity contribution >= 4 is 32.5 Å². The minimum absolute atomic E-state index is 0.803. The number of hydrogen-bond donors (Lipinski definition) is 0. The fraction of sp³-hybridized carbons (Fsp3) is 0.308. The maximum atomic E-state index is 5.39. The molecule has 3 nitrogen and oxygen atoms in total. The average molecular weight is 293 g/mol. The molecule has 0 spiro atoms. The number of hydrogen-bond acceptors (Lipinski definition) is 3. The number of halogens is 1. The molecule has 0 saturated carbocycles. The highest BCUT2D eigenvalue weighted by atomic mass is 79.9. The Morgan fingerprint density at radius 3 is 2.82 bits per heavy atom. The van der Waals surface area contributed by atoms with Gasteiger partial charge in [0.1, 0.15) is 0 Å². The van der Waals surface area contributed by atoms with Crippen LogP contribution in [0.4, 0.5) is 5.69 Å². The minimum atomic E-state index is 0.803. The molecule has 0 amide bonds. The van der Waals surface area contributed by atoms with E-state index in [0.29, 0.717) is 0 Å². The predicted octanol–water partition coefficient (Wildman–Crippen LogP) is 2.83. The second kappa shape index (κ2) is 4.63. The zero-order valence-electron chi connectivity index (χ0n) is 9.40. The van der Waals surface area contributed by atoms with Crippen LogP contribution in [-0.2, 0) is 4.74 Å². The van der Waals surface area contributed by atoms with Gasteiger partial charge in [-0.3, -0.25) is 4.98 Å². The van der Waals surface area contributed by atoms with Crippen LogP contribution >= 0.6 is 15.9 Å². The standard InChI is InChI=1S/C13H13BrN2O/c14-10-1-2-12-11(9-10)13(3-4-15-12)16-5-7-17-8-6-16/h1-4,9H,5-8H2. The van der Waals surface area contributed by atoms with Gasteiger partial charge in [-0.15, -0.1) is 0 Å². The van der Waals surface area contributed by atoms with Gasteiger partial charge >= 0.3 is 0 Å². The first-order valence-corrected chi connectivity index (χ1v) is 6.51. The molecule has 17 heavy (non-hydrogen) atoms. The normalized spacial score (nSPS) is 16.4. The highest BCUT2D eigenvalue weighted by molar-refractivity contribution is 9.10. The van der Waals surface area contributed by atoms with Crippen molar-refractivity contribution in [2.75, 3.05) is 31.2 Å². The summed E-state index contributed by atoms with van der Waals surface area (Å²) in [6, 6.07) is 8.29. The van der Waals surface area contributed by atoms with E-state index in [0.717, 1.165) is 36.3 Å². The van der Waals surface area contributed by atoms with Crippen LogP contribution in [0.3, 0.4) is 0 Å². The Labute approximate surface area is 109 Å². The first kappa shape index (κ1) is 11.0. The molecule has 88 valence electrons. The first-order valence-electron chi connectivity index (χ1n) is 5.71. The number of aromatic nitrogens is 1. The molecule has 0 atom stereocenters. The van der Waals surface area contributed by atoms with Gasteiger partial charge in [0.15, 0.2) is 0 Å². The highest BCUT2D eigenvalue weighted by Crippen LogP contribution is 2.28. The molecule has 0 radical (unpaired) electrons. The summed E-state index contributed by atoms with van der Waals surface area (Å²) in [5, 5.41) is 1.20. The van der Waals surface area contributed by atoms with Crippen molar-refractivity contribution in [1.82, 2.24) is 4.98 Å². The van der Waals surface area contributed by atoms with E-state index in [1.165, 1.54) is 11.1 Å². The second-order valence-electron chi connectivity index (χ2n) is 4.09. The van der Waals surface area contributed by atoms with E-state index in [4.69, 9.17) is 4.74 Å². The fourth-order valence-corrected chi connectivity index (χ4v) is 2.55. The molecule has 4 heteroatoms. The SMILES string of the molecule is Brc1ccc2nccc(N3CCOCC3)c2c1. The number of morpholine rings is 1. The zero-order chi connectivity index (χ0) is 11.7. The molecule has 1 fully saturated rings. The third kappa shape index (κ3) is 2.15. The second-order valence-corrected chi connectivity index (χ2v) is 5.01. The van der Waals surface area contributed by atoms with Gasteiger partial charge in [-0.05, 0) is 24.3 Å². The first-order chi connectivity index (χ1) is 8.34. The maximum Gasteiger partial charge on any atom is 0.0723 e. The Balaban J connectivity index is 2.11. The van der Waals surface area contributed by atoms with Gasteiger partial charge in [-0.1, -0.05) is 15.9 Å². The van der Waals surface area contributed by atoms with Crippen molar-refractivity contribution in [2.45, 2.75) is 0 Å². The Kier molecular flexibility index (Phi) is 2.99. The third-order valence-electron chi connectivity index (χ3n) is 3.03. The molecule has 0 unspecified atom stereocenters. The summed E-state index contributed by atoms with van der Waals surface area (Å²) in [6.45, 7) is 3.51. The number of fused-ring (bicyclic) bond motifs is 1. The number of benzene rings is 1. The zero-order valence-corrected chi connectivity index (χ0v) is 11.0. The molecule has 1 aliphatic heterocycles. The lowest BCUT2D eigenvalue weighted by molar-refractivity contribution is 0.123. The molecule has 1 aromatic carbocycles. The lowest BCUT2D eigenvalue weighted by atomic mass is 10.1. The van der Waals surface area contributed by atoms with E-state index in [1.54, 1.807) is 0 Å². The molecule has 0 N–H and O–H groups in total. The van der Waals surface area contributed by atoms with Gasteiger partial charge < -0.3 is 9.64 Å². The van der Waals surface area contributed by atoms with Crippen LogP contribution in [0, 0.1) is 0 Å². The Hall–Kier alpha value is -1.13. The van der Waals surface area contributed by atoms with Crippen LogP contribution in [0.5, 0.6) is 0 Å². The largest absolute Gasteiger partial charge is 0.378 e. The number of anilines is 1. The lowest BCUT2D eigenvalue weighted by Crippen LogP contribution is -2.36. The van der Waals surface area contributed by atoms with Crippen LogP contribution < -0.4 is 4.90 Å². The fourth-order valence-electron chi connectivity index (χ4n) is 2.18. The Bertz CT molecular complexity index is 538. The van der Waals surface area contributed by atoms with E-state index < -0.39 is 0 Å². The van der Waals surface area contributed by atoms with E-state index >= 15 is 0 Å². The molecular weight excluding hydrogens is 280 g/mol. The van der Waals surface area contributed by atoms with E-state index in [-0.39, 0.29) is 0 Å². The van der Waals surface area contributed by atoms with Crippen LogP contribution in [0.25, 0.3) is 10.9 Å². The monoisotopic (exact) mass is 292 g/mol. The highest BCUT2D eigenvalue weighted by Gasteiger charge is 2.14. The van der Waals surface area contributed by atoms with E-state index in [1.807, 2.05) is 18.3 Å². The summed E-state index contributed by atoms with van der Waals surface area (Å²) in [6.07, 6.45) is 1.88. The predicted molar refractivity (Wildman–Crippen MR) is 72.5 cm³/mol. The molecule has 2 aromatic rings. The van der Waals surface area contributed by atoms with Crippen molar-refractivity contribution < 1.29 is 4.74 Å². The van der Waals surface area contributed by atoms with Crippen molar-refractivity contribution in [3.8, 4) is 0 Å². The topological polar surface area (TPSA) is 25.4 Å². The Morgan fingerprint density at radius 2 is 2.00 bits per heavy atom. The number of ether oxygens (including phenoxy) is 1. The number of nitrogens with zero attached hydrogens (tertiary/aromatic N) is 2. The summed E-state index contributed by atoms with van der Waals surface area (Å²) in [7, 11) is 0. The Morgan fingerprint density at radius 1 is 1.18 bits per heavy atom. The van der Waals surface area contributed by atoms with Crippen molar-refractivity contribution in [1.29, 1.82) is 0 Å². The molecule has 1 aromatic heterocycles.